The predicted octanol–water partition coefficient (Wildman–Crippen LogP) is 4.61. The van der Waals surface area contributed by atoms with Gasteiger partial charge in [0, 0.05) is 15.9 Å². The van der Waals surface area contributed by atoms with Gasteiger partial charge in [0.05, 0.1) is 10.7 Å². The van der Waals surface area contributed by atoms with Crippen LogP contribution >= 0.6 is 27.3 Å². The molecule has 2 aromatic rings. The second kappa shape index (κ2) is 8.06. The van der Waals surface area contributed by atoms with Crippen molar-refractivity contribution >= 4 is 27.3 Å². The van der Waals surface area contributed by atoms with Crippen LogP contribution in [-0.2, 0) is 12.8 Å². The highest BCUT2D eigenvalue weighted by Crippen LogP contribution is 2.22. The molecule has 0 aliphatic carbocycles. The maximum absolute atomic E-state index is 4.62. The van der Waals surface area contributed by atoms with E-state index in [9.17, 15) is 0 Å². The van der Waals surface area contributed by atoms with E-state index in [0.29, 0.717) is 12.0 Å². The summed E-state index contributed by atoms with van der Waals surface area (Å²) in [5.41, 5.74) is 2.60. The molecule has 0 fully saturated rings. The van der Waals surface area contributed by atoms with Crippen LogP contribution in [0.15, 0.2) is 34.1 Å². The molecule has 0 aliphatic heterocycles. The first-order valence-corrected chi connectivity index (χ1v) is 9.09. The Bertz CT molecular complexity index is 565. The van der Waals surface area contributed by atoms with E-state index >= 15 is 0 Å². The van der Waals surface area contributed by atoms with E-state index in [1.807, 2.05) is 0 Å². The van der Waals surface area contributed by atoms with Crippen molar-refractivity contribution in [3.63, 3.8) is 0 Å². The van der Waals surface area contributed by atoms with Gasteiger partial charge in [0.15, 0.2) is 0 Å². The van der Waals surface area contributed by atoms with Gasteiger partial charge in [-0.3, -0.25) is 0 Å². The molecule has 1 N–H and O–H groups in total. The summed E-state index contributed by atoms with van der Waals surface area (Å²) < 4.78 is 1.20. The third-order valence-electron chi connectivity index (χ3n) is 3.45. The zero-order chi connectivity index (χ0) is 15.2. The molecule has 2 nitrogen and oxygen atoms in total. The summed E-state index contributed by atoms with van der Waals surface area (Å²) in [4.78, 5) is 4.62. The molecule has 21 heavy (non-hydrogen) atoms. The largest absolute Gasteiger partial charge is 0.314 e. The van der Waals surface area contributed by atoms with Gasteiger partial charge >= 0.3 is 0 Å². The average molecular weight is 367 g/mol. The number of benzene rings is 1. The van der Waals surface area contributed by atoms with Gasteiger partial charge < -0.3 is 5.32 Å². The molecule has 0 saturated heterocycles. The van der Waals surface area contributed by atoms with Gasteiger partial charge in [-0.15, -0.1) is 11.3 Å². The number of hydrogen-bond acceptors (Lipinski definition) is 3. The summed E-state index contributed by atoms with van der Waals surface area (Å²) in [7, 11) is 0. The average Bonchev–Trinajstić information content (AvgIpc) is 2.84. The summed E-state index contributed by atoms with van der Waals surface area (Å²) in [5, 5.41) is 6.92. The first kappa shape index (κ1) is 16.7. The van der Waals surface area contributed by atoms with Crippen molar-refractivity contribution in [3.8, 4) is 0 Å². The third kappa shape index (κ3) is 5.53. The number of halogens is 1. The second-order valence-electron chi connectivity index (χ2n) is 5.79. The van der Waals surface area contributed by atoms with E-state index < -0.39 is 0 Å². The minimum Gasteiger partial charge on any atom is -0.314 e. The second-order valence-corrected chi connectivity index (χ2v) is 7.70. The van der Waals surface area contributed by atoms with Gasteiger partial charge in [-0.05, 0) is 43.9 Å². The molecule has 0 bridgehead atoms. The SMILES string of the molecule is Cc1nc(CC(CNC(C)C)Cc2ccccc2Br)cs1. The smallest absolute Gasteiger partial charge is 0.0897 e. The van der Waals surface area contributed by atoms with E-state index in [0.717, 1.165) is 24.4 Å². The van der Waals surface area contributed by atoms with Gasteiger partial charge in [0.2, 0.25) is 0 Å². The number of hydrogen-bond donors (Lipinski definition) is 1. The van der Waals surface area contributed by atoms with Gasteiger partial charge in [0.1, 0.15) is 0 Å². The Morgan fingerprint density at radius 3 is 2.62 bits per heavy atom. The van der Waals surface area contributed by atoms with E-state index in [2.05, 4.69) is 76.6 Å². The topological polar surface area (TPSA) is 24.9 Å². The van der Waals surface area contributed by atoms with Gasteiger partial charge in [-0.1, -0.05) is 48.0 Å². The molecule has 0 amide bonds. The molecule has 2 rings (SSSR count). The van der Waals surface area contributed by atoms with Crippen LogP contribution in [0.4, 0.5) is 0 Å². The standard InChI is InChI=1S/C17H23BrN2S/c1-12(2)19-10-14(9-16-11-21-13(3)20-16)8-15-6-4-5-7-17(15)18/h4-7,11-12,14,19H,8-10H2,1-3H3. The van der Waals surface area contributed by atoms with Crippen LogP contribution in [0.2, 0.25) is 0 Å². The maximum atomic E-state index is 4.62. The lowest BCUT2D eigenvalue weighted by Gasteiger charge is -2.19. The lowest BCUT2D eigenvalue weighted by molar-refractivity contribution is 0.441. The Kier molecular flexibility index (Phi) is 6.40. The van der Waals surface area contributed by atoms with Crippen LogP contribution in [0.3, 0.4) is 0 Å². The van der Waals surface area contributed by atoms with Gasteiger partial charge in [-0.25, -0.2) is 4.98 Å². The molecule has 114 valence electrons. The lowest BCUT2D eigenvalue weighted by atomic mass is 9.94. The summed E-state index contributed by atoms with van der Waals surface area (Å²) >= 11 is 5.40. The zero-order valence-corrected chi connectivity index (χ0v) is 15.3. The number of thiazole rings is 1. The molecule has 0 aliphatic rings. The maximum Gasteiger partial charge on any atom is 0.0897 e. The lowest BCUT2D eigenvalue weighted by Crippen LogP contribution is -2.31. The summed E-state index contributed by atoms with van der Waals surface area (Å²) in [6.45, 7) is 7.49. The van der Waals surface area contributed by atoms with E-state index in [1.54, 1.807) is 11.3 Å². The Hall–Kier alpha value is -0.710. The van der Waals surface area contributed by atoms with Crippen molar-refractivity contribution in [2.45, 2.75) is 39.7 Å². The van der Waals surface area contributed by atoms with Crippen molar-refractivity contribution < 1.29 is 0 Å². The fraction of sp³-hybridized carbons (Fsp3) is 0.471. The molecule has 4 heteroatoms. The zero-order valence-electron chi connectivity index (χ0n) is 12.9. The van der Waals surface area contributed by atoms with Crippen LogP contribution < -0.4 is 5.32 Å². The molecule has 1 atom stereocenters. The van der Waals surface area contributed by atoms with Crippen LogP contribution in [0, 0.1) is 12.8 Å². The van der Waals surface area contributed by atoms with Crippen molar-refractivity contribution in [1.82, 2.24) is 10.3 Å². The van der Waals surface area contributed by atoms with Crippen LogP contribution in [0.5, 0.6) is 0 Å². The van der Waals surface area contributed by atoms with Crippen molar-refractivity contribution in [2.24, 2.45) is 5.92 Å². The fourth-order valence-corrected chi connectivity index (χ4v) is 3.46. The molecule has 1 aromatic carbocycles. The van der Waals surface area contributed by atoms with Crippen LogP contribution in [0.1, 0.15) is 30.1 Å². The van der Waals surface area contributed by atoms with E-state index in [-0.39, 0.29) is 0 Å². The highest BCUT2D eigenvalue weighted by molar-refractivity contribution is 9.10. The van der Waals surface area contributed by atoms with E-state index in [4.69, 9.17) is 0 Å². The predicted molar refractivity (Wildman–Crippen MR) is 95.0 cm³/mol. The Labute approximate surface area is 140 Å². The molecule has 1 heterocycles. The number of aromatic nitrogens is 1. The van der Waals surface area contributed by atoms with Crippen molar-refractivity contribution in [3.05, 3.63) is 50.4 Å². The quantitative estimate of drug-likeness (QED) is 0.773. The molecular weight excluding hydrogens is 344 g/mol. The van der Waals surface area contributed by atoms with Crippen molar-refractivity contribution in [1.29, 1.82) is 0 Å². The van der Waals surface area contributed by atoms with Gasteiger partial charge in [-0.2, -0.15) is 0 Å². The Morgan fingerprint density at radius 1 is 1.24 bits per heavy atom. The first-order valence-electron chi connectivity index (χ1n) is 7.42. The van der Waals surface area contributed by atoms with E-state index in [1.165, 1.54) is 15.7 Å². The van der Waals surface area contributed by atoms with Gasteiger partial charge in [0.25, 0.3) is 0 Å². The number of nitrogens with one attached hydrogen (secondary N) is 1. The van der Waals surface area contributed by atoms with Crippen molar-refractivity contribution in [2.75, 3.05) is 6.54 Å². The first-order chi connectivity index (χ1) is 10.0. The molecule has 1 unspecified atom stereocenters. The highest BCUT2D eigenvalue weighted by Gasteiger charge is 2.14. The highest BCUT2D eigenvalue weighted by atomic mass is 79.9. The molecular formula is C17H23BrN2S. The number of rotatable bonds is 7. The minimum atomic E-state index is 0.517. The third-order valence-corrected chi connectivity index (χ3v) is 5.04. The monoisotopic (exact) mass is 366 g/mol. The summed E-state index contributed by atoms with van der Waals surface area (Å²) in [5.74, 6) is 0.563. The Morgan fingerprint density at radius 2 is 2.00 bits per heavy atom. The number of nitrogens with zero attached hydrogens (tertiary/aromatic N) is 1. The number of aryl methyl sites for hydroxylation is 1. The molecule has 1 aromatic heterocycles. The summed E-state index contributed by atoms with van der Waals surface area (Å²) in [6, 6.07) is 9.02. The molecule has 0 saturated carbocycles. The molecule has 0 spiro atoms. The fourth-order valence-electron chi connectivity index (χ4n) is 2.39. The summed E-state index contributed by atoms with van der Waals surface area (Å²) in [6.07, 6.45) is 2.10. The Balaban J connectivity index is 2.06. The van der Waals surface area contributed by atoms with Crippen LogP contribution in [0.25, 0.3) is 0 Å². The van der Waals surface area contributed by atoms with Crippen LogP contribution in [-0.4, -0.2) is 17.6 Å². The normalized spacial score (nSPS) is 12.8. The molecule has 0 radical (unpaired) electrons. The minimum absolute atomic E-state index is 0.517.